The number of methoxy groups -OCH3 is 1. The van der Waals surface area contributed by atoms with Gasteiger partial charge in [0.25, 0.3) is 0 Å². The maximum atomic E-state index is 5.58. The molecule has 1 N–H and O–H groups in total. The first kappa shape index (κ1) is 20.3. The van der Waals surface area contributed by atoms with Crippen LogP contribution < -0.4 is 5.32 Å². The maximum Gasteiger partial charge on any atom is 0.193 e. The molecule has 0 aromatic rings. The molecule has 0 aromatic carbocycles. The Labute approximate surface area is 164 Å². The third-order valence-corrected chi connectivity index (χ3v) is 7.79. The summed E-state index contributed by atoms with van der Waals surface area (Å²) in [6, 6.07) is 0. The van der Waals surface area contributed by atoms with Gasteiger partial charge in [0, 0.05) is 62.9 Å². The van der Waals surface area contributed by atoms with Crippen LogP contribution in [0.3, 0.4) is 0 Å². The lowest BCUT2D eigenvalue weighted by molar-refractivity contribution is -0.00179. The Morgan fingerprint density at radius 2 is 1.88 bits per heavy atom. The molecule has 0 spiro atoms. The number of hydrogen-bond donors (Lipinski definition) is 1. The van der Waals surface area contributed by atoms with Gasteiger partial charge in [-0.05, 0) is 39.5 Å². The molecule has 1 saturated carbocycles. The second kappa shape index (κ2) is 8.70. The van der Waals surface area contributed by atoms with Crippen LogP contribution in [0.15, 0.2) is 4.99 Å². The Balaban J connectivity index is 1.61. The van der Waals surface area contributed by atoms with Crippen LogP contribution in [-0.4, -0.2) is 84.8 Å². The van der Waals surface area contributed by atoms with Crippen molar-refractivity contribution in [3.8, 4) is 0 Å². The predicted molar refractivity (Wildman–Crippen MR) is 112 cm³/mol. The van der Waals surface area contributed by atoms with E-state index >= 15 is 0 Å². The number of guanidine groups is 1. The minimum Gasteiger partial charge on any atom is -0.381 e. The monoisotopic (exact) mass is 382 g/mol. The summed E-state index contributed by atoms with van der Waals surface area (Å²) in [6.45, 7) is 10.2. The van der Waals surface area contributed by atoms with E-state index in [1.807, 2.05) is 14.2 Å². The summed E-state index contributed by atoms with van der Waals surface area (Å²) < 4.78 is 5.89. The topological polar surface area (TPSA) is 40.1 Å². The van der Waals surface area contributed by atoms with Crippen molar-refractivity contribution in [2.45, 2.75) is 68.8 Å². The van der Waals surface area contributed by atoms with Crippen LogP contribution in [0.2, 0.25) is 0 Å². The molecule has 0 unspecified atom stereocenters. The van der Waals surface area contributed by atoms with Crippen LogP contribution in [0, 0.1) is 0 Å². The van der Waals surface area contributed by atoms with Gasteiger partial charge in [-0.2, -0.15) is 11.8 Å². The summed E-state index contributed by atoms with van der Waals surface area (Å²) in [5.41, 5.74) is 0.314. The fourth-order valence-corrected chi connectivity index (χ4v) is 6.09. The molecular formula is C20H38N4OS. The van der Waals surface area contributed by atoms with Crippen LogP contribution in [0.1, 0.15) is 52.4 Å². The van der Waals surface area contributed by atoms with Gasteiger partial charge in [-0.25, -0.2) is 0 Å². The number of nitrogens with one attached hydrogen (secondary N) is 1. The second-order valence-electron chi connectivity index (χ2n) is 8.78. The number of nitrogens with zero attached hydrogens (tertiary/aromatic N) is 3. The number of likely N-dealkylation sites (tertiary alicyclic amines) is 1. The van der Waals surface area contributed by atoms with E-state index in [2.05, 4.69) is 45.7 Å². The molecular weight excluding hydrogens is 344 g/mol. The van der Waals surface area contributed by atoms with E-state index in [1.54, 1.807) is 0 Å². The van der Waals surface area contributed by atoms with Gasteiger partial charge in [-0.3, -0.25) is 9.89 Å². The van der Waals surface area contributed by atoms with Gasteiger partial charge in [-0.15, -0.1) is 0 Å². The quantitative estimate of drug-likeness (QED) is 0.598. The third kappa shape index (κ3) is 4.68. The summed E-state index contributed by atoms with van der Waals surface area (Å²) in [6.07, 6.45) is 8.15. The van der Waals surface area contributed by atoms with Crippen molar-refractivity contribution in [3.63, 3.8) is 0 Å². The highest BCUT2D eigenvalue weighted by Crippen LogP contribution is 2.37. The van der Waals surface area contributed by atoms with E-state index in [0.717, 1.165) is 25.6 Å². The van der Waals surface area contributed by atoms with Gasteiger partial charge in [0.05, 0.1) is 6.10 Å². The van der Waals surface area contributed by atoms with Crippen LogP contribution in [0.25, 0.3) is 0 Å². The number of ether oxygens (including phenoxy) is 1. The first-order valence-electron chi connectivity index (χ1n) is 10.4. The first-order chi connectivity index (χ1) is 12.5. The normalized spacial score (nSPS) is 27.7. The van der Waals surface area contributed by atoms with E-state index in [1.165, 1.54) is 57.4 Å². The minimum atomic E-state index is 0.308. The summed E-state index contributed by atoms with van der Waals surface area (Å²) in [5, 5.41) is 3.78. The van der Waals surface area contributed by atoms with Gasteiger partial charge in [0.1, 0.15) is 0 Å². The van der Waals surface area contributed by atoms with Crippen molar-refractivity contribution >= 4 is 17.7 Å². The average Bonchev–Trinajstić information content (AvgIpc) is 3.12. The molecule has 2 saturated heterocycles. The number of aliphatic imine (C=N–C) groups is 1. The average molecular weight is 383 g/mol. The fraction of sp³-hybridized carbons (Fsp3) is 0.950. The molecule has 150 valence electrons. The molecule has 0 atom stereocenters. The number of piperidine rings is 1. The summed E-state index contributed by atoms with van der Waals surface area (Å²) in [5.74, 6) is 2.28. The molecule has 3 fully saturated rings. The molecule has 1 aliphatic carbocycles. The molecule has 3 aliphatic rings. The molecule has 0 amide bonds. The van der Waals surface area contributed by atoms with E-state index in [4.69, 9.17) is 4.74 Å². The summed E-state index contributed by atoms with van der Waals surface area (Å²) in [4.78, 5) is 9.83. The lowest BCUT2D eigenvalue weighted by atomic mass is 9.91. The lowest BCUT2D eigenvalue weighted by Gasteiger charge is -2.46. The highest BCUT2D eigenvalue weighted by Gasteiger charge is 2.41. The van der Waals surface area contributed by atoms with Gasteiger partial charge >= 0.3 is 0 Å². The zero-order chi connectivity index (χ0) is 18.6. The molecule has 0 bridgehead atoms. The van der Waals surface area contributed by atoms with Crippen molar-refractivity contribution < 1.29 is 4.74 Å². The number of thioether (sulfide) groups is 1. The smallest absolute Gasteiger partial charge is 0.193 e. The number of rotatable bonds is 4. The molecule has 0 aromatic heterocycles. The SMILES string of the molecule is CN=C(NCC1(N2CCC(OC)CC2)CCCC1)N1CCSC(C)(C)C1. The van der Waals surface area contributed by atoms with Crippen LogP contribution in [0.4, 0.5) is 0 Å². The Kier molecular flexibility index (Phi) is 6.78. The number of hydrogen-bond acceptors (Lipinski definition) is 4. The molecule has 5 nitrogen and oxygen atoms in total. The third-order valence-electron chi connectivity index (χ3n) is 6.49. The van der Waals surface area contributed by atoms with Crippen molar-refractivity contribution in [3.05, 3.63) is 0 Å². The maximum absolute atomic E-state index is 5.58. The molecule has 3 rings (SSSR count). The Bertz CT molecular complexity index is 482. The van der Waals surface area contributed by atoms with E-state index in [9.17, 15) is 0 Å². The highest BCUT2D eigenvalue weighted by molar-refractivity contribution is 8.00. The largest absolute Gasteiger partial charge is 0.381 e. The molecule has 2 aliphatic heterocycles. The van der Waals surface area contributed by atoms with Gasteiger partial charge < -0.3 is 15.0 Å². The van der Waals surface area contributed by atoms with E-state index < -0.39 is 0 Å². The Morgan fingerprint density at radius 3 is 2.46 bits per heavy atom. The zero-order valence-corrected chi connectivity index (χ0v) is 18.0. The molecule has 2 heterocycles. The van der Waals surface area contributed by atoms with Gasteiger partial charge in [-0.1, -0.05) is 12.8 Å². The lowest BCUT2D eigenvalue weighted by Crippen LogP contribution is -2.59. The minimum absolute atomic E-state index is 0.308. The first-order valence-corrected chi connectivity index (χ1v) is 11.3. The molecule has 6 heteroatoms. The zero-order valence-electron chi connectivity index (χ0n) is 17.2. The van der Waals surface area contributed by atoms with Gasteiger partial charge in [0.2, 0.25) is 0 Å². The van der Waals surface area contributed by atoms with E-state index in [0.29, 0.717) is 16.4 Å². The van der Waals surface area contributed by atoms with Crippen LogP contribution in [-0.2, 0) is 4.74 Å². The van der Waals surface area contributed by atoms with E-state index in [-0.39, 0.29) is 0 Å². The van der Waals surface area contributed by atoms with Crippen molar-refractivity contribution in [2.24, 2.45) is 4.99 Å². The van der Waals surface area contributed by atoms with Crippen LogP contribution in [0.5, 0.6) is 0 Å². The van der Waals surface area contributed by atoms with Crippen molar-refractivity contribution in [1.82, 2.24) is 15.1 Å². The second-order valence-corrected chi connectivity index (χ2v) is 10.6. The van der Waals surface area contributed by atoms with Crippen LogP contribution >= 0.6 is 11.8 Å². The van der Waals surface area contributed by atoms with Gasteiger partial charge in [0.15, 0.2) is 5.96 Å². The molecule has 0 radical (unpaired) electrons. The fourth-order valence-electron chi connectivity index (χ4n) is 4.98. The Hall–Kier alpha value is -0.460. The standard InChI is InChI=1S/C20H38N4OS/c1-19(2)16-23(13-14-26-19)18(21-3)22-15-20(9-5-6-10-20)24-11-7-17(25-4)8-12-24/h17H,5-16H2,1-4H3,(H,21,22). The Morgan fingerprint density at radius 1 is 1.19 bits per heavy atom. The summed E-state index contributed by atoms with van der Waals surface area (Å²) >= 11 is 2.08. The molecule has 26 heavy (non-hydrogen) atoms. The summed E-state index contributed by atoms with van der Waals surface area (Å²) in [7, 11) is 3.79. The van der Waals surface area contributed by atoms with Crippen molar-refractivity contribution in [1.29, 1.82) is 0 Å². The highest BCUT2D eigenvalue weighted by atomic mass is 32.2. The van der Waals surface area contributed by atoms with Crippen molar-refractivity contribution in [2.75, 3.05) is 52.6 Å². The predicted octanol–water partition coefficient (Wildman–Crippen LogP) is 2.81.